The topological polar surface area (TPSA) is 92.9 Å². The van der Waals surface area contributed by atoms with Gasteiger partial charge in [0.25, 0.3) is 10.2 Å². The van der Waals surface area contributed by atoms with Gasteiger partial charge in [0, 0.05) is 64.0 Å². The highest BCUT2D eigenvalue weighted by molar-refractivity contribution is 7.86. The summed E-state index contributed by atoms with van der Waals surface area (Å²) in [5.74, 6) is 0.640. The first kappa shape index (κ1) is 18.2. The number of H-pyrrole nitrogens is 1. The van der Waals surface area contributed by atoms with Crippen molar-refractivity contribution >= 4 is 39.2 Å². The maximum atomic E-state index is 12.3. The van der Waals surface area contributed by atoms with Gasteiger partial charge >= 0.3 is 0 Å². The molecule has 0 bridgehead atoms. The van der Waals surface area contributed by atoms with Crippen LogP contribution < -0.4 is 9.80 Å². The maximum Gasteiger partial charge on any atom is 0.281 e. The van der Waals surface area contributed by atoms with E-state index in [4.69, 9.17) is 0 Å². The molecule has 2 aliphatic rings. The fraction of sp³-hybridized carbons (Fsp3) is 0.529. The normalized spacial score (nSPS) is 19.0. The first-order chi connectivity index (χ1) is 12.9. The number of aromatic amines is 1. The number of nitrogens with one attached hydrogen (secondary N) is 1. The van der Waals surface area contributed by atoms with Crippen LogP contribution in [0.2, 0.25) is 0 Å². The monoisotopic (exact) mass is 392 g/mol. The minimum atomic E-state index is -3.40. The molecular weight excluding hydrogens is 368 g/mol. The molecule has 0 atom stereocenters. The Kier molecular flexibility index (Phi) is 4.57. The predicted octanol–water partition coefficient (Wildman–Crippen LogP) is 0.617. The third-order valence-electron chi connectivity index (χ3n) is 5.18. The minimum absolute atomic E-state index is 0.234. The van der Waals surface area contributed by atoms with Crippen molar-refractivity contribution in [3.63, 3.8) is 0 Å². The highest BCUT2D eigenvalue weighted by atomic mass is 32.2. The lowest BCUT2D eigenvalue weighted by atomic mass is 10.2. The molecule has 1 aliphatic carbocycles. The zero-order valence-electron chi connectivity index (χ0n) is 15.5. The first-order valence-electron chi connectivity index (χ1n) is 9.06. The van der Waals surface area contributed by atoms with Crippen LogP contribution in [0.15, 0.2) is 18.3 Å². The van der Waals surface area contributed by atoms with Gasteiger partial charge in [0.1, 0.15) is 11.5 Å². The van der Waals surface area contributed by atoms with Crippen LogP contribution in [0.3, 0.4) is 0 Å². The van der Waals surface area contributed by atoms with Crippen LogP contribution in [0.1, 0.15) is 12.8 Å². The van der Waals surface area contributed by atoms with E-state index in [1.54, 1.807) is 19.0 Å². The molecule has 2 aromatic heterocycles. The number of hydrogen-bond acceptors (Lipinski definition) is 5. The first-order valence-corrected chi connectivity index (χ1v) is 10.5. The summed E-state index contributed by atoms with van der Waals surface area (Å²) < 4.78 is 27.4. The smallest absolute Gasteiger partial charge is 0.281 e. The summed E-state index contributed by atoms with van der Waals surface area (Å²) in [5.41, 5.74) is 1.71. The zero-order chi connectivity index (χ0) is 19.2. The van der Waals surface area contributed by atoms with Crippen LogP contribution in [0, 0.1) is 0 Å². The number of amides is 1. The molecule has 4 rings (SSSR count). The molecule has 9 nitrogen and oxygen atoms in total. The second-order valence-electron chi connectivity index (χ2n) is 7.16. The number of piperazine rings is 1. The average molecular weight is 392 g/mol. The van der Waals surface area contributed by atoms with Gasteiger partial charge in [-0.05, 0) is 18.9 Å². The Morgan fingerprint density at radius 3 is 2.52 bits per heavy atom. The van der Waals surface area contributed by atoms with E-state index >= 15 is 0 Å². The van der Waals surface area contributed by atoms with Gasteiger partial charge in [-0.1, -0.05) is 0 Å². The molecule has 146 valence electrons. The van der Waals surface area contributed by atoms with Crippen LogP contribution in [0.4, 0.5) is 11.5 Å². The highest BCUT2D eigenvalue weighted by Gasteiger charge is 2.32. The van der Waals surface area contributed by atoms with Gasteiger partial charge in [0.05, 0.1) is 5.69 Å². The van der Waals surface area contributed by atoms with Crippen LogP contribution in [0.5, 0.6) is 0 Å². The number of fused-ring (bicyclic) bond motifs is 1. The third-order valence-corrected chi connectivity index (χ3v) is 7.12. The van der Waals surface area contributed by atoms with E-state index in [-0.39, 0.29) is 6.04 Å². The van der Waals surface area contributed by atoms with Crippen molar-refractivity contribution in [1.29, 1.82) is 0 Å². The lowest BCUT2D eigenvalue weighted by Crippen LogP contribution is -2.51. The summed E-state index contributed by atoms with van der Waals surface area (Å²) in [7, 11) is -0.303. The van der Waals surface area contributed by atoms with E-state index in [2.05, 4.69) is 14.9 Å². The number of carbonyl (C=O) groups is 1. The van der Waals surface area contributed by atoms with Gasteiger partial charge in [-0.3, -0.25) is 9.69 Å². The second-order valence-corrected chi connectivity index (χ2v) is 9.30. The maximum absolute atomic E-state index is 12.3. The second kappa shape index (κ2) is 6.77. The Morgan fingerprint density at radius 1 is 1.22 bits per heavy atom. The Hall–Kier alpha value is -2.17. The van der Waals surface area contributed by atoms with Gasteiger partial charge in [-0.2, -0.15) is 17.0 Å². The lowest BCUT2D eigenvalue weighted by Gasteiger charge is -2.36. The SMILES string of the molecule is CN(C)S(=O)(=O)N1CCN(c2cc(N(C=O)C3CC3)nc3[nH]ccc23)CC1. The van der Waals surface area contributed by atoms with Crippen LogP contribution in [0.25, 0.3) is 11.0 Å². The molecule has 0 unspecified atom stereocenters. The van der Waals surface area contributed by atoms with E-state index in [0.717, 1.165) is 36.0 Å². The molecule has 10 heteroatoms. The molecule has 1 aliphatic heterocycles. The fourth-order valence-electron chi connectivity index (χ4n) is 3.47. The molecule has 2 aromatic rings. The molecule has 1 amide bonds. The lowest BCUT2D eigenvalue weighted by molar-refractivity contribution is -0.107. The molecule has 1 N–H and O–H groups in total. The molecule has 0 radical (unpaired) electrons. The van der Waals surface area contributed by atoms with E-state index in [1.165, 1.54) is 8.61 Å². The number of hydrogen-bond donors (Lipinski definition) is 1. The third kappa shape index (κ3) is 3.28. The van der Waals surface area contributed by atoms with E-state index in [1.807, 2.05) is 18.3 Å². The zero-order valence-corrected chi connectivity index (χ0v) is 16.3. The standard InChI is InChI=1S/C17H24N6O3S/c1-20(2)27(25,26)22-9-7-21(8-10-22)15-11-16(23(12-24)13-3-4-13)19-17-14(15)5-6-18-17/h5-6,11-13H,3-4,7-10H2,1-2H3,(H,18,19). The molecule has 3 heterocycles. The Morgan fingerprint density at radius 2 is 1.93 bits per heavy atom. The fourth-order valence-corrected chi connectivity index (χ4v) is 4.56. The van der Waals surface area contributed by atoms with E-state index < -0.39 is 10.2 Å². The molecule has 2 fully saturated rings. The van der Waals surface area contributed by atoms with Gasteiger partial charge in [-0.25, -0.2) is 4.98 Å². The van der Waals surface area contributed by atoms with Crippen molar-refractivity contribution in [3.05, 3.63) is 18.3 Å². The van der Waals surface area contributed by atoms with Crippen LogP contribution in [-0.4, -0.2) is 79.7 Å². The van der Waals surface area contributed by atoms with Gasteiger partial charge < -0.3 is 9.88 Å². The van der Waals surface area contributed by atoms with E-state index in [0.29, 0.717) is 32.0 Å². The number of carbonyl (C=O) groups excluding carboxylic acids is 1. The summed E-state index contributed by atoms with van der Waals surface area (Å²) in [6, 6.07) is 4.14. The molecule has 1 saturated heterocycles. The molecular formula is C17H24N6O3S. The molecule has 27 heavy (non-hydrogen) atoms. The minimum Gasteiger partial charge on any atom is -0.368 e. The predicted molar refractivity (Wildman–Crippen MR) is 104 cm³/mol. The molecule has 1 saturated carbocycles. The van der Waals surface area contributed by atoms with Gasteiger partial charge in [0.2, 0.25) is 6.41 Å². The summed E-state index contributed by atoms with van der Waals surface area (Å²) in [5, 5.41) is 0.976. The van der Waals surface area contributed by atoms with Crippen molar-refractivity contribution < 1.29 is 13.2 Å². The summed E-state index contributed by atoms with van der Waals surface area (Å²) in [6.07, 6.45) is 4.68. The summed E-state index contributed by atoms with van der Waals surface area (Å²) in [4.78, 5) is 23.1. The Balaban J connectivity index is 1.62. The molecule has 0 aromatic carbocycles. The molecule has 0 spiro atoms. The number of rotatable bonds is 6. The number of aromatic nitrogens is 2. The van der Waals surface area contributed by atoms with Crippen molar-refractivity contribution in [1.82, 2.24) is 18.6 Å². The number of pyridine rings is 1. The van der Waals surface area contributed by atoms with Crippen LogP contribution in [-0.2, 0) is 15.0 Å². The summed E-state index contributed by atoms with van der Waals surface area (Å²) >= 11 is 0. The van der Waals surface area contributed by atoms with Crippen LogP contribution >= 0.6 is 0 Å². The number of anilines is 2. The van der Waals surface area contributed by atoms with Gasteiger partial charge in [0.15, 0.2) is 0 Å². The quantitative estimate of drug-likeness (QED) is 0.728. The Bertz CT molecular complexity index is 945. The van der Waals surface area contributed by atoms with Crippen molar-refractivity contribution in [2.75, 3.05) is 50.1 Å². The van der Waals surface area contributed by atoms with Crippen molar-refractivity contribution in [2.45, 2.75) is 18.9 Å². The number of nitrogens with zero attached hydrogens (tertiary/aromatic N) is 5. The summed E-state index contributed by atoms with van der Waals surface area (Å²) in [6.45, 7) is 2.01. The average Bonchev–Trinajstić information content (AvgIpc) is 3.37. The van der Waals surface area contributed by atoms with E-state index in [9.17, 15) is 13.2 Å². The van der Waals surface area contributed by atoms with Crippen molar-refractivity contribution in [2.24, 2.45) is 0 Å². The van der Waals surface area contributed by atoms with Crippen molar-refractivity contribution in [3.8, 4) is 0 Å². The van der Waals surface area contributed by atoms with Gasteiger partial charge in [-0.15, -0.1) is 0 Å². The largest absolute Gasteiger partial charge is 0.368 e. The Labute approximate surface area is 158 Å². The highest BCUT2D eigenvalue weighted by Crippen LogP contribution is 2.35.